The molecule has 10 nitrogen and oxygen atoms in total. The number of pyridine rings is 1. The second kappa shape index (κ2) is 13.9. The number of carbonyl (C=O) groups excluding carboxylic acids is 3. The molecule has 1 saturated heterocycles. The first-order chi connectivity index (χ1) is 20.7. The maximum absolute atomic E-state index is 13.7. The zero-order chi connectivity index (χ0) is 30.4. The van der Waals surface area contributed by atoms with Gasteiger partial charge in [0.15, 0.2) is 10.8 Å². The highest BCUT2D eigenvalue weighted by Crippen LogP contribution is 2.30. The summed E-state index contributed by atoms with van der Waals surface area (Å²) in [5.41, 5.74) is 1.50. The van der Waals surface area contributed by atoms with Gasteiger partial charge < -0.3 is 10.6 Å². The van der Waals surface area contributed by atoms with Gasteiger partial charge in [0.1, 0.15) is 15.9 Å². The minimum absolute atomic E-state index is 0.116. The molecule has 43 heavy (non-hydrogen) atoms. The molecule has 2 aliphatic rings. The van der Waals surface area contributed by atoms with Crippen LogP contribution in [-0.4, -0.2) is 65.5 Å². The number of aromatic nitrogens is 2. The van der Waals surface area contributed by atoms with E-state index in [4.69, 9.17) is 0 Å². The average molecular weight is 624 g/mol. The zero-order valence-electron chi connectivity index (χ0n) is 24.2. The predicted octanol–water partition coefficient (Wildman–Crippen LogP) is 4.12. The standard InChI is InChI=1S/C31H37N5O5S2/c1-21-28(42-31(33-21)23-13-6-3-7-14-23)30(39)35-25(19-22-11-4-2-5-12-22)29(38)34-24-15-10-18-36(20-26(24)37)43(40,41)27-16-8-9-17-32-27/h3,6-9,13-14,16-17,22,24-25H,2,4-5,10-12,15,18-20H2,1H3,(H,34,38)(H,35,39)/t24-,25-/m0/s1. The number of amides is 2. The van der Waals surface area contributed by atoms with E-state index in [9.17, 15) is 22.8 Å². The smallest absolute Gasteiger partial charge is 0.263 e. The fourth-order valence-electron chi connectivity index (χ4n) is 5.78. The summed E-state index contributed by atoms with van der Waals surface area (Å²) in [7, 11) is -3.95. The minimum Gasteiger partial charge on any atom is -0.344 e. The van der Waals surface area contributed by atoms with Gasteiger partial charge in [-0.3, -0.25) is 14.4 Å². The lowest BCUT2D eigenvalue weighted by molar-refractivity contribution is -0.129. The van der Waals surface area contributed by atoms with Crippen molar-refractivity contribution in [3.63, 3.8) is 0 Å². The third-order valence-corrected chi connectivity index (χ3v) is 11.1. The van der Waals surface area contributed by atoms with E-state index in [0.717, 1.165) is 47.0 Å². The van der Waals surface area contributed by atoms with Gasteiger partial charge in [0, 0.05) is 18.3 Å². The highest BCUT2D eigenvalue weighted by atomic mass is 32.2. The van der Waals surface area contributed by atoms with Crippen LogP contribution in [0.5, 0.6) is 0 Å². The molecule has 0 bridgehead atoms. The first-order valence-electron chi connectivity index (χ1n) is 14.8. The van der Waals surface area contributed by atoms with Crippen LogP contribution in [0.1, 0.15) is 66.7 Å². The molecule has 5 rings (SSSR count). The molecule has 2 aromatic heterocycles. The summed E-state index contributed by atoms with van der Waals surface area (Å²) in [5, 5.41) is 6.43. The van der Waals surface area contributed by atoms with Crippen molar-refractivity contribution in [2.75, 3.05) is 13.1 Å². The van der Waals surface area contributed by atoms with Gasteiger partial charge in [0.25, 0.3) is 15.9 Å². The van der Waals surface area contributed by atoms with Gasteiger partial charge in [0.05, 0.1) is 18.3 Å². The number of benzene rings is 1. The zero-order valence-corrected chi connectivity index (χ0v) is 25.8. The maximum atomic E-state index is 13.7. The van der Waals surface area contributed by atoms with E-state index in [2.05, 4.69) is 20.6 Å². The van der Waals surface area contributed by atoms with Crippen LogP contribution < -0.4 is 10.6 Å². The van der Waals surface area contributed by atoms with Crippen molar-refractivity contribution in [3.05, 3.63) is 65.3 Å². The number of carbonyl (C=O) groups is 3. The van der Waals surface area contributed by atoms with Crippen molar-refractivity contribution in [2.45, 2.75) is 75.4 Å². The molecule has 1 aliphatic heterocycles. The number of nitrogens with zero attached hydrogens (tertiary/aromatic N) is 3. The van der Waals surface area contributed by atoms with Gasteiger partial charge >= 0.3 is 0 Å². The van der Waals surface area contributed by atoms with Gasteiger partial charge in [-0.2, -0.15) is 4.31 Å². The fourth-order valence-corrected chi connectivity index (χ4v) is 8.13. The maximum Gasteiger partial charge on any atom is 0.263 e. The van der Waals surface area contributed by atoms with Crippen LogP contribution in [0.4, 0.5) is 0 Å². The van der Waals surface area contributed by atoms with Crippen LogP contribution in [-0.2, 0) is 19.6 Å². The Morgan fingerprint density at radius 2 is 1.77 bits per heavy atom. The molecular formula is C31H37N5O5S2. The molecule has 2 N–H and O–H groups in total. The van der Waals surface area contributed by atoms with Gasteiger partial charge in [-0.15, -0.1) is 11.3 Å². The molecule has 0 spiro atoms. The summed E-state index contributed by atoms with van der Waals surface area (Å²) in [6.07, 6.45) is 7.87. The van der Waals surface area contributed by atoms with E-state index in [1.165, 1.54) is 23.6 Å². The summed E-state index contributed by atoms with van der Waals surface area (Å²) in [5.74, 6) is -0.897. The van der Waals surface area contributed by atoms with E-state index in [-0.39, 0.29) is 35.7 Å². The number of Topliss-reactive ketones (excluding diaryl/α,β-unsaturated/α-hetero) is 1. The number of ketones is 1. The topological polar surface area (TPSA) is 138 Å². The lowest BCUT2D eigenvalue weighted by atomic mass is 9.84. The van der Waals surface area contributed by atoms with E-state index in [1.807, 2.05) is 30.3 Å². The van der Waals surface area contributed by atoms with E-state index >= 15 is 0 Å². The molecular weight excluding hydrogens is 587 g/mol. The van der Waals surface area contributed by atoms with E-state index in [1.54, 1.807) is 19.1 Å². The van der Waals surface area contributed by atoms with E-state index < -0.39 is 28.0 Å². The number of nitrogens with one attached hydrogen (secondary N) is 2. The second-order valence-corrected chi connectivity index (χ2v) is 14.1. The van der Waals surface area contributed by atoms with Crippen LogP contribution in [0.2, 0.25) is 0 Å². The summed E-state index contributed by atoms with van der Waals surface area (Å²) >= 11 is 1.28. The average Bonchev–Trinajstić information content (AvgIpc) is 3.32. The van der Waals surface area contributed by atoms with Gasteiger partial charge in [-0.05, 0) is 44.2 Å². The molecule has 12 heteroatoms. The highest BCUT2D eigenvalue weighted by molar-refractivity contribution is 7.89. The third kappa shape index (κ3) is 7.54. The van der Waals surface area contributed by atoms with Crippen LogP contribution in [0.15, 0.2) is 59.8 Å². The molecule has 1 saturated carbocycles. The normalized spacial score (nSPS) is 19.4. The van der Waals surface area contributed by atoms with Crippen LogP contribution in [0.3, 0.4) is 0 Å². The number of thiazole rings is 1. The van der Waals surface area contributed by atoms with Crippen molar-refractivity contribution in [1.29, 1.82) is 0 Å². The van der Waals surface area contributed by atoms with Crippen LogP contribution >= 0.6 is 11.3 Å². The Morgan fingerprint density at radius 1 is 1.02 bits per heavy atom. The monoisotopic (exact) mass is 623 g/mol. The Morgan fingerprint density at radius 3 is 2.49 bits per heavy atom. The lowest BCUT2D eigenvalue weighted by Crippen LogP contribution is -2.53. The molecule has 1 aliphatic carbocycles. The lowest BCUT2D eigenvalue weighted by Gasteiger charge is -2.27. The molecule has 1 aromatic carbocycles. The number of hydrogen-bond donors (Lipinski definition) is 2. The van der Waals surface area contributed by atoms with Crippen molar-refractivity contribution in [2.24, 2.45) is 5.92 Å². The Balaban J connectivity index is 1.29. The van der Waals surface area contributed by atoms with Gasteiger partial charge in [0.2, 0.25) is 5.91 Å². The number of rotatable bonds is 9. The molecule has 3 heterocycles. The number of hydrogen-bond acceptors (Lipinski definition) is 8. The van der Waals surface area contributed by atoms with Crippen molar-refractivity contribution < 1.29 is 22.8 Å². The first kappa shape index (κ1) is 31.0. The molecule has 0 unspecified atom stereocenters. The molecule has 0 radical (unpaired) electrons. The fraction of sp³-hybridized carbons (Fsp3) is 0.452. The Bertz CT molecular complexity index is 1540. The largest absolute Gasteiger partial charge is 0.344 e. The molecule has 228 valence electrons. The van der Waals surface area contributed by atoms with Crippen molar-refractivity contribution in [1.82, 2.24) is 24.9 Å². The molecule has 3 aromatic rings. The summed E-state index contributed by atoms with van der Waals surface area (Å²) in [6, 6.07) is 12.5. The van der Waals surface area contributed by atoms with Crippen LogP contribution in [0, 0.1) is 12.8 Å². The van der Waals surface area contributed by atoms with Crippen LogP contribution in [0.25, 0.3) is 10.6 Å². The molecule has 2 fully saturated rings. The van der Waals surface area contributed by atoms with Crippen molar-refractivity contribution >= 4 is 39.0 Å². The summed E-state index contributed by atoms with van der Waals surface area (Å²) < 4.78 is 27.3. The second-order valence-electron chi connectivity index (χ2n) is 11.2. The predicted molar refractivity (Wildman–Crippen MR) is 164 cm³/mol. The SMILES string of the molecule is Cc1nc(-c2ccccc2)sc1C(=O)N[C@@H](CC1CCCCC1)C(=O)N[C@H]1CCCN(S(=O)(=O)c2ccccn2)CC1=O. The highest BCUT2D eigenvalue weighted by Gasteiger charge is 2.35. The summed E-state index contributed by atoms with van der Waals surface area (Å²) in [4.78, 5) is 49.4. The quantitative estimate of drug-likeness (QED) is 0.366. The summed E-state index contributed by atoms with van der Waals surface area (Å²) in [6.45, 7) is 1.57. The molecule has 2 atom stereocenters. The number of sulfonamides is 1. The van der Waals surface area contributed by atoms with Gasteiger partial charge in [-0.25, -0.2) is 18.4 Å². The minimum atomic E-state index is -3.95. The van der Waals surface area contributed by atoms with E-state index in [0.29, 0.717) is 29.8 Å². The number of aryl methyl sites for hydroxylation is 1. The van der Waals surface area contributed by atoms with Gasteiger partial charge in [-0.1, -0.05) is 68.5 Å². The Kier molecular flexibility index (Phi) is 9.99. The van der Waals surface area contributed by atoms with Crippen molar-refractivity contribution in [3.8, 4) is 10.6 Å². The Hall–Kier alpha value is -3.48. The third-order valence-electron chi connectivity index (χ3n) is 8.12. The first-order valence-corrected chi connectivity index (χ1v) is 17.1. The Labute approximate surface area is 256 Å². The molecule has 2 amide bonds.